The van der Waals surface area contributed by atoms with Crippen molar-refractivity contribution in [3.8, 4) is 23.0 Å². The first-order chi connectivity index (χ1) is 15.6. The Morgan fingerprint density at radius 1 is 1.22 bits per heavy atom. The number of aromatic nitrogens is 4. The summed E-state index contributed by atoms with van der Waals surface area (Å²) < 4.78 is 7.10. The fourth-order valence-corrected chi connectivity index (χ4v) is 4.41. The highest BCUT2D eigenvalue weighted by molar-refractivity contribution is 5.95. The van der Waals surface area contributed by atoms with Gasteiger partial charge in [-0.1, -0.05) is 26.0 Å². The van der Waals surface area contributed by atoms with Gasteiger partial charge in [0.05, 0.1) is 30.3 Å². The zero-order valence-electron chi connectivity index (χ0n) is 19.2. The minimum Gasteiger partial charge on any atom is -0.496 e. The maximum absolute atomic E-state index is 13.2. The predicted molar refractivity (Wildman–Crippen MR) is 123 cm³/mol. The summed E-state index contributed by atoms with van der Waals surface area (Å²) in [6, 6.07) is 9.97. The van der Waals surface area contributed by atoms with E-state index in [1.807, 2.05) is 42.2 Å². The van der Waals surface area contributed by atoms with E-state index in [1.54, 1.807) is 24.2 Å². The number of likely N-dealkylation sites (tertiary alicyclic amines) is 1. The van der Waals surface area contributed by atoms with Gasteiger partial charge in [0.15, 0.2) is 0 Å². The van der Waals surface area contributed by atoms with Gasteiger partial charge in [-0.25, -0.2) is 14.6 Å². The fraction of sp³-hybridized carbons (Fsp3) is 0.417. The van der Waals surface area contributed by atoms with Crippen LogP contribution in [0.25, 0.3) is 17.2 Å². The van der Waals surface area contributed by atoms with Crippen molar-refractivity contribution in [2.75, 3.05) is 33.3 Å². The second-order valence-electron chi connectivity index (χ2n) is 7.91. The van der Waals surface area contributed by atoms with Crippen molar-refractivity contribution in [2.45, 2.75) is 33.2 Å². The molecule has 1 amide bonds. The van der Waals surface area contributed by atoms with Crippen molar-refractivity contribution in [1.82, 2.24) is 29.5 Å². The standard InChI is InChI=1S/C24H30N6O2/c1-5-28(6-2)18-12-14-29(16-18)23(31)20-15-26-30(17(20)3)24-25-13-11-21(27-24)19-9-7-8-10-22(19)32-4/h7-11,13,15,18H,5-6,12,14,16H2,1-4H3/t18-/m0/s1. The lowest BCUT2D eigenvalue weighted by Gasteiger charge is -2.26. The SMILES string of the molecule is CCN(CC)[C@H]1CCN(C(=O)c2cnn(-c3nccc(-c4ccccc4OC)n3)c2C)C1. The van der Waals surface area contributed by atoms with Crippen molar-refractivity contribution >= 4 is 5.91 Å². The Bertz CT molecular complexity index is 1090. The van der Waals surface area contributed by atoms with Gasteiger partial charge in [0.1, 0.15) is 5.75 Å². The lowest BCUT2D eigenvalue weighted by molar-refractivity contribution is 0.0777. The van der Waals surface area contributed by atoms with E-state index in [0.717, 1.165) is 55.3 Å². The number of amides is 1. The number of hydrogen-bond donors (Lipinski definition) is 0. The summed E-state index contributed by atoms with van der Waals surface area (Å²) in [5.41, 5.74) is 2.94. The molecule has 1 aliphatic heterocycles. The van der Waals surface area contributed by atoms with Crippen LogP contribution in [0.15, 0.2) is 42.7 Å². The maximum Gasteiger partial charge on any atom is 0.257 e. The average Bonchev–Trinajstić information content (AvgIpc) is 3.47. The van der Waals surface area contributed by atoms with E-state index in [9.17, 15) is 4.79 Å². The molecule has 1 aromatic carbocycles. The van der Waals surface area contributed by atoms with Crippen molar-refractivity contribution in [2.24, 2.45) is 0 Å². The van der Waals surface area contributed by atoms with Crippen LogP contribution in [0.1, 0.15) is 36.3 Å². The Balaban J connectivity index is 1.58. The molecule has 3 heterocycles. The lowest BCUT2D eigenvalue weighted by atomic mass is 10.1. The third-order valence-electron chi connectivity index (χ3n) is 6.23. The van der Waals surface area contributed by atoms with Gasteiger partial charge in [0.2, 0.25) is 0 Å². The largest absolute Gasteiger partial charge is 0.496 e. The first-order valence-corrected chi connectivity index (χ1v) is 11.1. The summed E-state index contributed by atoms with van der Waals surface area (Å²) in [5.74, 6) is 1.18. The number of ether oxygens (including phenoxy) is 1. The van der Waals surface area contributed by atoms with Gasteiger partial charge in [-0.2, -0.15) is 5.10 Å². The van der Waals surface area contributed by atoms with Crippen LogP contribution in [-0.4, -0.2) is 74.8 Å². The van der Waals surface area contributed by atoms with Crippen molar-refractivity contribution in [3.05, 3.63) is 54.0 Å². The molecule has 0 spiro atoms. The van der Waals surface area contributed by atoms with E-state index < -0.39 is 0 Å². The minimum absolute atomic E-state index is 0.0179. The number of rotatable bonds is 7. The number of likely N-dealkylation sites (N-methyl/N-ethyl adjacent to an activating group) is 1. The number of hydrogen-bond acceptors (Lipinski definition) is 6. The summed E-state index contributed by atoms with van der Waals surface area (Å²) in [6.45, 7) is 9.75. The van der Waals surface area contributed by atoms with E-state index in [-0.39, 0.29) is 5.91 Å². The topological polar surface area (TPSA) is 76.4 Å². The Kier molecular flexibility index (Phi) is 6.50. The number of para-hydroxylation sites is 1. The normalized spacial score (nSPS) is 16.0. The Labute approximate surface area is 188 Å². The Morgan fingerprint density at radius 2 is 2.00 bits per heavy atom. The van der Waals surface area contributed by atoms with Gasteiger partial charge in [-0.3, -0.25) is 9.69 Å². The zero-order chi connectivity index (χ0) is 22.7. The summed E-state index contributed by atoms with van der Waals surface area (Å²) in [4.78, 5) is 26.7. The van der Waals surface area contributed by atoms with E-state index >= 15 is 0 Å². The van der Waals surface area contributed by atoms with Crippen molar-refractivity contribution in [1.29, 1.82) is 0 Å². The number of carbonyl (C=O) groups is 1. The fourth-order valence-electron chi connectivity index (χ4n) is 4.41. The van der Waals surface area contributed by atoms with Gasteiger partial charge < -0.3 is 9.64 Å². The molecule has 8 heteroatoms. The van der Waals surface area contributed by atoms with Crippen molar-refractivity contribution < 1.29 is 9.53 Å². The van der Waals surface area contributed by atoms with E-state index in [0.29, 0.717) is 17.6 Å². The molecule has 0 aliphatic carbocycles. The summed E-state index contributed by atoms with van der Waals surface area (Å²) in [5, 5.41) is 4.44. The molecule has 1 saturated heterocycles. The number of carbonyl (C=O) groups excluding carboxylic acids is 1. The molecule has 1 atom stereocenters. The highest BCUT2D eigenvalue weighted by Gasteiger charge is 2.31. The lowest BCUT2D eigenvalue weighted by Crippen LogP contribution is -2.38. The molecule has 0 saturated carbocycles. The van der Waals surface area contributed by atoms with Crippen LogP contribution in [0.3, 0.4) is 0 Å². The Morgan fingerprint density at radius 3 is 2.75 bits per heavy atom. The molecular weight excluding hydrogens is 404 g/mol. The second-order valence-corrected chi connectivity index (χ2v) is 7.91. The molecule has 168 valence electrons. The molecule has 32 heavy (non-hydrogen) atoms. The first kappa shape index (κ1) is 22.0. The average molecular weight is 435 g/mol. The van der Waals surface area contributed by atoms with Crippen LogP contribution < -0.4 is 4.74 Å². The molecule has 0 bridgehead atoms. The van der Waals surface area contributed by atoms with E-state index in [4.69, 9.17) is 4.74 Å². The highest BCUT2D eigenvalue weighted by Crippen LogP contribution is 2.28. The van der Waals surface area contributed by atoms with Crippen LogP contribution in [-0.2, 0) is 0 Å². The number of benzene rings is 1. The quantitative estimate of drug-likeness (QED) is 0.568. The molecule has 0 N–H and O–H groups in total. The summed E-state index contributed by atoms with van der Waals surface area (Å²) >= 11 is 0. The van der Waals surface area contributed by atoms with Crippen LogP contribution in [0, 0.1) is 6.92 Å². The zero-order valence-corrected chi connectivity index (χ0v) is 19.2. The molecule has 0 radical (unpaired) electrons. The molecule has 2 aromatic heterocycles. The molecule has 1 fully saturated rings. The molecule has 1 aliphatic rings. The first-order valence-electron chi connectivity index (χ1n) is 11.1. The van der Waals surface area contributed by atoms with Crippen molar-refractivity contribution in [3.63, 3.8) is 0 Å². The molecule has 3 aromatic rings. The van der Waals surface area contributed by atoms with Gasteiger partial charge in [-0.15, -0.1) is 0 Å². The predicted octanol–water partition coefficient (Wildman–Crippen LogP) is 3.20. The second kappa shape index (κ2) is 9.48. The number of methoxy groups -OCH3 is 1. The van der Waals surface area contributed by atoms with Crippen LogP contribution in [0.5, 0.6) is 5.75 Å². The van der Waals surface area contributed by atoms with Gasteiger partial charge in [0, 0.05) is 30.9 Å². The van der Waals surface area contributed by atoms with E-state index in [1.165, 1.54) is 0 Å². The van der Waals surface area contributed by atoms with Crippen LogP contribution in [0.4, 0.5) is 0 Å². The Hall–Kier alpha value is -3.26. The summed E-state index contributed by atoms with van der Waals surface area (Å²) in [6.07, 6.45) is 4.33. The van der Waals surface area contributed by atoms with Gasteiger partial charge in [-0.05, 0) is 44.6 Å². The number of nitrogens with zero attached hydrogens (tertiary/aromatic N) is 6. The monoisotopic (exact) mass is 434 g/mol. The molecular formula is C24H30N6O2. The highest BCUT2D eigenvalue weighted by atomic mass is 16.5. The van der Waals surface area contributed by atoms with Crippen LogP contribution >= 0.6 is 0 Å². The third kappa shape index (κ3) is 4.10. The summed E-state index contributed by atoms with van der Waals surface area (Å²) in [7, 11) is 1.64. The smallest absolute Gasteiger partial charge is 0.257 e. The molecule has 4 rings (SSSR count). The van der Waals surface area contributed by atoms with E-state index in [2.05, 4.69) is 33.8 Å². The van der Waals surface area contributed by atoms with Crippen LogP contribution in [0.2, 0.25) is 0 Å². The molecule has 0 unspecified atom stereocenters. The third-order valence-corrected chi connectivity index (χ3v) is 6.23. The maximum atomic E-state index is 13.2. The molecule has 8 nitrogen and oxygen atoms in total. The van der Waals surface area contributed by atoms with Gasteiger partial charge >= 0.3 is 0 Å². The minimum atomic E-state index is 0.0179. The van der Waals surface area contributed by atoms with Gasteiger partial charge in [0.25, 0.3) is 11.9 Å².